The number of carbonyl (C=O) groups is 3. The van der Waals surface area contributed by atoms with Crippen LogP contribution in [0.5, 0.6) is 0 Å². The Labute approximate surface area is 242 Å². The average Bonchev–Trinajstić information content (AvgIpc) is 3.35. The second kappa shape index (κ2) is 19.1. The Morgan fingerprint density at radius 2 is 1.27 bits per heavy atom. The zero-order chi connectivity index (χ0) is 28.4. The summed E-state index contributed by atoms with van der Waals surface area (Å²) in [6.45, 7) is 2.37. The molecule has 0 saturated heterocycles. The van der Waals surface area contributed by atoms with Crippen LogP contribution in [0.3, 0.4) is 0 Å². The van der Waals surface area contributed by atoms with E-state index in [-0.39, 0.29) is 30.5 Å². The van der Waals surface area contributed by atoms with Crippen LogP contribution in [0, 0.1) is 0 Å². The third-order valence-electron chi connectivity index (χ3n) is 8.77. The first-order chi connectivity index (χ1) is 19.6. The maximum atomic E-state index is 13.2. The van der Waals surface area contributed by atoms with Gasteiger partial charge in [-0.15, -0.1) is 0 Å². The van der Waals surface area contributed by atoms with Gasteiger partial charge in [-0.2, -0.15) is 0 Å². The number of rotatable bonds is 19. The van der Waals surface area contributed by atoms with Crippen LogP contribution in [-0.4, -0.2) is 54.0 Å². The van der Waals surface area contributed by atoms with Crippen LogP contribution in [0.4, 0.5) is 0 Å². The van der Waals surface area contributed by atoms with Crippen molar-refractivity contribution < 1.29 is 28.6 Å². The van der Waals surface area contributed by atoms with E-state index in [1.54, 1.807) is 0 Å². The molecule has 1 heterocycles. The summed E-state index contributed by atoms with van der Waals surface area (Å²) in [5, 5.41) is 0. The molecule has 0 N–H and O–H groups in total. The van der Waals surface area contributed by atoms with E-state index in [2.05, 4.69) is 6.92 Å². The lowest BCUT2D eigenvalue weighted by Gasteiger charge is -2.41. The van der Waals surface area contributed by atoms with Gasteiger partial charge < -0.3 is 19.1 Å². The van der Waals surface area contributed by atoms with Gasteiger partial charge in [0.1, 0.15) is 0 Å². The second-order valence-electron chi connectivity index (χ2n) is 12.1. The van der Waals surface area contributed by atoms with Crippen LogP contribution in [0.2, 0.25) is 0 Å². The van der Waals surface area contributed by atoms with Crippen molar-refractivity contribution in [3.05, 3.63) is 12.0 Å². The van der Waals surface area contributed by atoms with E-state index in [1.807, 2.05) is 4.90 Å². The fourth-order valence-corrected chi connectivity index (χ4v) is 6.46. The molecule has 40 heavy (non-hydrogen) atoms. The Morgan fingerprint density at radius 1 is 0.775 bits per heavy atom. The molecule has 0 aromatic heterocycles. The van der Waals surface area contributed by atoms with Gasteiger partial charge in [-0.3, -0.25) is 9.59 Å². The quantitative estimate of drug-likeness (QED) is 0.0920. The zero-order valence-corrected chi connectivity index (χ0v) is 25.2. The Hall–Kier alpha value is -2.05. The summed E-state index contributed by atoms with van der Waals surface area (Å²) in [4.78, 5) is 40.3. The number of carbonyl (C=O) groups excluding carboxylic acids is 3. The van der Waals surface area contributed by atoms with Crippen molar-refractivity contribution in [2.45, 2.75) is 166 Å². The standard InChI is InChI=1S/C33H55NO6/c1-2-3-4-5-6-7-8-9-10-11-12-19-24-38-31-25-29(35)32(40-31)33(37)39-26-30(36)34(27-20-15-13-16-21-27)28-22-17-14-18-23-28/h25,27-28,32H,2-24,26H2,1H3. The highest BCUT2D eigenvalue weighted by Crippen LogP contribution is 2.30. The van der Waals surface area contributed by atoms with E-state index < -0.39 is 17.9 Å². The van der Waals surface area contributed by atoms with E-state index in [0.717, 1.165) is 64.2 Å². The summed E-state index contributed by atoms with van der Waals surface area (Å²) >= 11 is 0. The van der Waals surface area contributed by atoms with Crippen LogP contribution in [-0.2, 0) is 28.6 Å². The Balaban J connectivity index is 1.28. The molecule has 1 unspecified atom stereocenters. The maximum absolute atomic E-state index is 13.2. The molecule has 1 atom stereocenters. The highest BCUT2D eigenvalue weighted by atomic mass is 16.7. The number of unbranched alkanes of at least 4 members (excludes halogenated alkanes) is 11. The van der Waals surface area contributed by atoms with Crippen molar-refractivity contribution in [3.63, 3.8) is 0 Å². The van der Waals surface area contributed by atoms with Gasteiger partial charge in [-0.05, 0) is 32.1 Å². The van der Waals surface area contributed by atoms with Crippen LogP contribution >= 0.6 is 0 Å². The number of esters is 1. The predicted molar refractivity (Wildman–Crippen MR) is 157 cm³/mol. The average molecular weight is 562 g/mol. The number of amides is 1. The zero-order valence-electron chi connectivity index (χ0n) is 25.2. The van der Waals surface area contributed by atoms with E-state index in [1.165, 1.54) is 83.1 Å². The first-order valence-electron chi connectivity index (χ1n) is 16.6. The number of ether oxygens (including phenoxy) is 3. The third-order valence-corrected chi connectivity index (χ3v) is 8.77. The molecule has 3 rings (SSSR count). The topological polar surface area (TPSA) is 82.1 Å². The molecular weight excluding hydrogens is 506 g/mol. The minimum atomic E-state index is -1.37. The van der Waals surface area contributed by atoms with Crippen LogP contribution in [0.15, 0.2) is 12.0 Å². The Morgan fingerprint density at radius 3 is 1.80 bits per heavy atom. The predicted octanol–water partition coefficient (Wildman–Crippen LogP) is 7.55. The van der Waals surface area contributed by atoms with Gasteiger partial charge in [0.25, 0.3) is 18.0 Å². The number of nitrogens with zero attached hydrogens (tertiary/aromatic N) is 1. The van der Waals surface area contributed by atoms with Gasteiger partial charge in [0.2, 0.25) is 5.78 Å². The first kappa shape index (κ1) is 32.5. The van der Waals surface area contributed by atoms with Crippen molar-refractivity contribution in [3.8, 4) is 0 Å². The fraction of sp³-hybridized carbons (Fsp3) is 0.848. The molecule has 0 bridgehead atoms. The van der Waals surface area contributed by atoms with E-state index in [9.17, 15) is 14.4 Å². The van der Waals surface area contributed by atoms with Gasteiger partial charge in [-0.25, -0.2) is 4.79 Å². The highest BCUT2D eigenvalue weighted by Gasteiger charge is 2.38. The largest absolute Gasteiger partial charge is 0.465 e. The summed E-state index contributed by atoms with van der Waals surface area (Å²) in [6.07, 6.45) is 26.1. The van der Waals surface area contributed by atoms with Crippen molar-refractivity contribution in [2.24, 2.45) is 0 Å². The normalized spacial score (nSPS) is 20.2. The molecule has 0 spiro atoms. The SMILES string of the molecule is CCCCCCCCCCCCCCOC1=CC(=O)C(C(=O)OCC(=O)N(C2CCCCC2)C2CCCCC2)O1. The Bertz CT molecular complexity index is 766. The fourth-order valence-electron chi connectivity index (χ4n) is 6.46. The smallest absolute Gasteiger partial charge is 0.356 e. The summed E-state index contributed by atoms with van der Waals surface area (Å²) in [7, 11) is 0. The van der Waals surface area contributed by atoms with Gasteiger partial charge in [0.05, 0.1) is 12.7 Å². The molecule has 0 radical (unpaired) electrons. The van der Waals surface area contributed by atoms with E-state index >= 15 is 0 Å². The van der Waals surface area contributed by atoms with Crippen molar-refractivity contribution >= 4 is 17.7 Å². The second-order valence-corrected chi connectivity index (χ2v) is 12.1. The summed E-state index contributed by atoms with van der Waals surface area (Å²) < 4.78 is 16.4. The maximum Gasteiger partial charge on any atom is 0.356 e. The minimum Gasteiger partial charge on any atom is -0.465 e. The molecule has 2 fully saturated rings. The van der Waals surface area contributed by atoms with Crippen molar-refractivity contribution in [2.75, 3.05) is 13.2 Å². The molecule has 7 nitrogen and oxygen atoms in total. The summed E-state index contributed by atoms with van der Waals surface area (Å²) in [6, 6.07) is 0.462. The van der Waals surface area contributed by atoms with Crippen molar-refractivity contribution in [1.29, 1.82) is 0 Å². The lowest BCUT2D eigenvalue weighted by molar-refractivity contribution is -0.164. The lowest BCUT2D eigenvalue weighted by Crippen LogP contribution is -2.50. The van der Waals surface area contributed by atoms with Crippen LogP contribution < -0.4 is 0 Å². The number of hydrogen-bond donors (Lipinski definition) is 0. The van der Waals surface area contributed by atoms with Gasteiger partial charge >= 0.3 is 5.97 Å². The molecule has 1 amide bonds. The van der Waals surface area contributed by atoms with E-state index in [0.29, 0.717) is 6.61 Å². The summed E-state index contributed by atoms with van der Waals surface area (Å²) in [5.41, 5.74) is 0. The summed E-state index contributed by atoms with van der Waals surface area (Å²) in [5.74, 6) is -1.37. The lowest BCUT2D eigenvalue weighted by atomic mass is 9.88. The molecule has 1 aliphatic heterocycles. The number of hydrogen-bond acceptors (Lipinski definition) is 6. The molecule has 228 valence electrons. The minimum absolute atomic E-state index is 0.0763. The molecule has 7 heteroatoms. The van der Waals surface area contributed by atoms with E-state index in [4.69, 9.17) is 14.2 Å². The molecular formula is C33H55NO6. The monoisotopic (exact) mass is 561 g/mol. The molecule has 2 aliphatic carbocycles. The molecule has 0 aromatic carbocycles. The molecule has 2 saturated carbocycles. The molecule has 0 aromatic rings. The Kier molecular flexibility index (Phi) is 15.5. The van der Waals surface area contributed by atoms with Crippen LogP contribution in [0.1, 0.15) is 148 Å². The van der Waals surface area contributed by atoms with Gasteiger partial charge in [0, 0.05) is 12.1 Å². The first-order valence-corrected chi connectivity index (χ1v) is 16.6. The molecule has 3 aliphatic rings. The van der Waals surface area contributed by atoms with Gasteiger partial charge in [-0.1, -0.05) is 116 Å². The highest BCUT2D eigenvalue weighted by molar-refractivity contribution is 6.09. The third kappa shape index (κ3) is 11.4. The van der Waals surface area contributed by atoms with Gasteiger partial charge in [0.15, 0.2) is 6.61 Å². The van der Waals surface area contributed by atoms with Crippen LogP contribution in [0.25, 0.3) is 0 Å². The number of ketones is 1. The van der Waals surface area contributed by atoms with Crippen molar-refractivity contribution in [1.82, 2.24) is 4.90 Å².